The van der Waals surface area contributed by atoms with Crippen LogP contribution in [0.1, 0.15) is 39.5 Å². The summed E-state index contributed by atoms with van der Waals surface area (Å²) in [5.41, 5.74) is -0.473. The van der Waals surface area contributed by atoms with E-state index in [0.717, 1.165) is 25.7 Å². The zero-order chi connectivity index (χ0) is 9.90. The minimum Gasteiger partial charge on any atom is -0.352 e. The second-order valence-electron chi connectivity index (χ2n) is 3.55. The van der Waals surface area contributed by atoms with Crippen molar-refractivity contribution >= 4 is 9.84 Å². The molecule has 0 radical (unpaired) electrons. The Morgan fingerprint density at radius 3 is 2.46 bits per heavy atom. The summed E-state index contributed by atoms with van der Waals surface area (Å²) in [6, 6.07) is 0. The van der Waals surface area contributed by atoms with Crippen molar-refractivity contribution in [3.8, 4) is 0 Å². The van der Waals surface area contributed by atoms with Crippen LogP contribution in [0.2, 0.25) is 0 Å². The lowest BCUT2D eigenvalue weighted by Gasteiger charge is -1.98. The molecular weight excluding hydrogens is 188 g/mol. The summed E-state index contributed by atoms with van der Waals surface area (Å²) in [4.78, 5) is 0. The molecule has 78 valence electrons. The number of sulfone groups is 1. The molecule has 1 heterocycles. The molecule has 3 nitrogen and oxygen atoms in total. The lowest BCUT2D eigenvalue weighted by Crippen LogP contribution is -2.15. The van der Waals surface area contributed by atoms with Gasteiger partial charge in [0.25, 0.3) is 0 Å². The van der Waals surface area contributed by atoms with Gasteiger partial charge in [-0.05, 0) is 12.8 Å². The molecule has 0 saturated carbocycles. The fourth-order valence-electron chi connectivity index (χ4n) is 1.39. The first kappa shape index (κ1) is 11.0. The number of hydrogen-bond donors (Lipinski definition) is 0. The molecule has 0 N–H and O–H groups in total. The van der Waals surface area contributed by atoms with Crippen molar-refractivity contribution in [3.63, 3.8) is 0 Å². The van der Waals surface area contributed by atoms with Crippen LogP contribution in [0.5, 0.6) is 0 Å². The Morgan fingerprint density at radius 1 is 1.23 bits per heavy atom. The quantitative estimate of drug-likeness (QED) is 0.622. The van der Waals surface area contributed by atoms with Gasteiger partial charge in [0, 0.05) is 0 Å². The van der Waals surface area contributed by atoms with Gasteiger partial charge in [-0.15, -0.1) is 0 Å². The standard InChI is InChI=1S/C9H18O3S/c1-3-5-7-13(10,11)9-8(12-9)6-4-2/h8-9H,3-7H2,1-2H3/t8-,9-/m0/s1. The van der Waals surface area contributed by atoms with Gasteiger partial charge in [-0.25, -0.2) is 8.42 Å². The minimum absolute atomic E-state index is 0.00754. The van der Waals surface area contributed by atoms with Gasteiger partial charge in [0.2, 0.25) is 0 Å². The number of rotatable bonds is 6. The van der Waals surface area contributed by atoms with E-state index < -0.39 is 15.3 Å². The van der Waals surface area contributed by atoms with Crippen LogP contribution in [0.25, 0.3) is 0 Å². The Morgan fingerprint density at radius 2 is 1.92 bits per heavy atom. The van der Waals surface area contributed by atoms with Crippen molar-refractivity contribution in [2.45, 2.75) is 51.1 Å². The predicted molar refractivity (Wildman–Crippen MR) is 52.3 cm³/mol. The molecule has 1 rings (SSSR count). The first-order valence-electron chi connectivity index (χ1n) is 4.98. The Labute approximate surface area is 80.4 Å². The van der Waals surface area contributed by atoms with Gasteiger partial charge < -0.3 is 4.74 Å². The lowest BCUT2D eigenvalue weighted by atomic mass is 10.3. The Hall–Kier alpha value is -0.0900. The molecule has 1 aliphatic heterocycles. The van der Waals surface area contributed by atoms with Crippen LogP contribution in [0, 0.1) is 0 Å². The smallest absolute Gasteiger partial charge is 0.185 e. The molecule has 4 heteroatoms. The lowest BCUT2D eigenvalue weighted by molar-refractivity contribution is 0.382. The molecule has 0 aromatic carbocycles. The van der Waals surface area contributed by atoms with Crippen molar-refractivity contribution in [2.24, 2.45) is 0 Å². The fourth-order valence-corrected chi connectivity index (χ4v) is 3.23. The van der Waals surface area contributed by atoms with E-state index in [1.54, 1.807) is 0 Å². The summed E-state index contributed by atoms with van der Waals surface area (Å²) >= 11 is 0. The first-order chi connectivity index (χ1) is 6.11. The van der Waals surface area contributed by atoms with Gasteiger partial charge >= 0.3 is 0 Å². The Kier molecular flexibility index (Phi) is 3.74. The monoisotopic (exact) mass is 206 g/mol. The summed E-state index contributed by atoms with van der Waals surface area (Å²) in [5, 5.41) is 0. The molecule has 0 aliphatic carbocycles. The first-order valence-corrected chi connectivity index (χ1v) is 6.70. The average Bonchev–Trinajstić information content (AvgIpc) is 2.82. The van der Waals surface area contributed by atoms with E-state index in [-0.39, 0.29) is 11.9 Å². The second-order valence-corrected chi connectivity index (χ2v) is 5.75. The van der Waals surface area contributed by atoms with Crippen LogP contribution in [0.4, 0.5) is 0 Å². The van der Waals surface area contributed by atoms with Crippen molar-refractivity contribution in [1.82, 2.24) is 0 Å². The van der Waals surface area contributed by atoms with Crippen LogP contribution in [-0.4, -0.2) is 25.7 Å². The van der Waals surface area contributed by atoms with Gasteiger partial charge in [0.15, 0.2) is 15.3 Å². The molecule has 2 atom stereocenters. The predicted octanol–water partition coefficient (Wildman–Crippen LogP) is 1.73. The molecule has 1 aliphatic rings. The summed E-state index contributed by atoms with van der Waals surface area (Å²) in [5.74, 6) is 0.286. The van der Waals surface area contributed by atoms with E-state index >= 15 is 0 Å². The van der Waals surface area contributed by atoms with Gasteiger partial charge in [0.05, 0.1) is 11.9 Å². The Balaban J connectivity index is 2.36. The van der Waals surface area contributed by atoms with E-state index in [2.05, 4.69) is 0 Å². The third-order valence-electron chi connectivity index (χ3n) is 2.25. The summed E-state index contributed by atoms with van der Waals surface area (Å²) in [7, 11) is -2.94. The van der Waals surface area contributed by atoms with Crippen LogP contribution in [-0.2, 0) is 14.6 Å². The zero-order valence-corrected chi connectivity index (χ0v) is 9.14. The highest BCUT2D eigenvalue weighted by Crippen LogP contribution is 2.32. The molecule has 0 amide bonds. The van der Waals surface area contributed by atoms with Gasteiger partial charge in [0.1, 0.15) is 0 Å². The molecule has 1 saturated heterocycles. The normalized spacial score (nSPS) is 27.5. The maximum absolute atomic E-state index is 11.5. The van der Waals surface area contributed by atoms with Crippen molar-refractivity contribution < 1.29 is 13.2 Å². The molecule has 0 aromatic rings. The van der Waals surface area contributed by atoms with E-state index in [9.17, 15) is 8.42 Å². The summed E-state index contributed by atoms with van der Waals surface area (Å²) in [6.07, 6.45) is 3.53. The van der Waals surface area contributed by atoms with Crippen LogP contribution < -0.4 is 0 Å². The SMILES string of the molecule is CCCCS(=O)(=O)[C@@H]1O[C@H]1CCC. The fraction of sp³-hybridized carbons (Fsp3) is 1.00. The third kappa shape index (κ3) is 2.95. The van der Waals surface area contributed by atoms with Crippen molar-refractivity contribution in [3.05, 3.63) is 0 Å². The number of epoxide rings is 1. The highest BCUT2D eigenvalue weighted by atomic mass is 32.2. The third-order valence-corrected chi connectivity index (χ3v) is 4.23. The summed E-state index contributed by atoms with van der Waals surface area (Å²) < 4.78 is 28.2. The van der Waals surface area contributed by atoms with Gasteiger partial charge in [-0.3, -0.25) is 0 Å². The molecule has 1 fully saturated rings. The second kappa shape index (κ2) is 4.42. The zero-order valence-electron chi connectivity index (χ0n) is 8.32. The van der Waals surface area contributed by atoms with Crippen molar-refractivity contribution in [2.75, 3.05) is 5.75 Å². The highest BCUT2D eigenvalue weighted by Gasteiger charge is 2.47. The van der Waals surface area contributed by atoms with Gasteiger partial charge in [-0.1, -0.05) is 26.7 Å². The minimum atomic E-state index is -2.94. The summed E-state index contributed by atoms with van der Waals surface area (Å²) in [6.45, 7) is 4.03. The van der Waals surface area contributed by atoms with E-state index in [1.165, 1.54) is 0 Å². The molecule has 13 heavy (non-hydrogen) atoms. The number of ether oxygens (including phenoxy) is 1. The number of hydrogen-bond acceptors (Lipinski definition) is 3. The highest BCUT2D eigenvalue weighted by molar-refractivity contribution is 7.92. The molecule has 0 aromatic heterocycles. The topological polar surface area (TPSA) is 46.7 Å². The average molecular weight is 206 g/mol. The van der Waals surface area contributed by atoms with E-state index in [4.69, 9.17) is 4.74 Å². The van der Waals surface area contributed by atoms with Crippen LogP contribution >= 0.6 is 0 Å². The molecule has 0 bridgehead atoms. The molecule has 0 spiro atoms. The van der Waals surface area contributed by atoms with E-state index in [1.807, 2.05) is 13.8 Å². The maximum atomic E-state index is 11.5. The largest absolute Gasteiger partial charge is 0.352 e. The van der Waals surface area contributed by atoms with Crippen LogP contribution in [0.3, 0.4) is 0 Å². The van der Waals surface area contributed by atoms with Crippen LogP contribution in [0.15, 0.2) is 0 Å². The number of unbranched alkanes of at least 4 members (excludes halogenated alkanes) is 1. The molecule has 0 unspecified atom stereocenters. The maximum Gasteiger partial charge on any atom is 0.185 e. The van der Waals surface area contributed by atoms with Crippen molar-refractivity contribution in [1.29, 1.82) is 0 Å². The van der Waals surface area contributed by atoms with Gasteiger partial charge in [-0.2, -0.15) is 0 Å². The molecular formula is C9H18O3S. The Bertz CT molecular complexity index is 246. The van der Waals surface area contributed by atoms with E-state index in [0.29, 0.717) is 0 Å².